The molecule has 0 aliphatic heterocycles. The normalized spacial score (nSPS) is 10.8. The number of carbonyl (C=O) groups is 1. The summed E-state index contributed by atoms with van der Waals surface area (Å²) in [5.41, 5.74) is -0.179. The second-order valence-electron chi connectivity index (χ2n) is 5.87. The van der Waals surface area contributed by atoms with Gasteiger partial charge in [0.05, 0.1) is 6.61 Å². The largest absolute Gasteiger partial charge is 0.505 e. The summed E-state index contributed by atoms with van der Waals surface area (Å²) in [4.78, 5) is 24.7. The van der Waals surface area contributed by atoms with E-state index in [1.165, 1.54) is 4.68 Å². The third-order valence-electron chi connectivity index (χ3n) is 3.58. The average Bonchev–Trinajstić information content (AvgIpc) is 2.55. The molecule has 0 aliphatic carbocycles. The molecule has 0 atom stereocenters. The zero-order valence-electron chi connectivity index (χ0n) is 14.2. The van der Waals surface area contributed by atoms with Crippen molar-refractivity contribution in [2.75, 3.05) is 6.61 Å². The van der Waals surface area contributed by atoms with E-state index >= 15 is 0 Å². The van der Waals surface area contributed by atoms with E-state index in [0.29, 0.717) is 18.0 Å². The molecule has 1 heterocycles. The molecule has 1 aromatic carbocycles. The number of aromatic nitrogens is 2. The Morgan fingerprint density at radius 1 is 1.29 bits per heavy atom. The van der Waals surface area contributed by atoms with Gasteiger partial charge in [0.1, 0.15) is 5.69 Å². The lowest BCUT2D eigenvalue weighted by Crippen LogP contribution is -2.30. The number of rotatable bonds is 6. The molecule has 6 heteroatoms. The summed E-state index contributed by atoms with van der Waals surface area (Å²) < 4.78 is 6.15. The van der Waals surface area contributed by atoms with Crippen molar-refractivity contribution < 1.29 is 14.6 Å². The third kappa shape index (κ3) is 3.82. The Morgan fingerprint density at radius 2 is 1.96 bits per heavy atom. The molecule has 6 nitrogen and oxygen atoms in total. The van der Waals surface area contributed by atoms with E-state index in [4.69, 9.17) is 4.74 Å². The maximum Gasteiger partial charge on any atom is 0.347 e. The number of benzene rings is 1. The van der Waals surface area contributed by atoms with Crippen LogP contribution in [0.1, 0.15) is 37.6 Å². The highest BCUT2D eigenvalue weighted by molar-refractivity contribution is 5.94. The highest BCUT2D eigenvalue weighted by atomic mass is 16.5. The number of aryl methyl sites for hydroxylation is 1. The first-order valence-electron chi connectivity index (χ1n) is 8.02. The molecule has 0 bridgehead atoms. The van der Waals surface area contributed by atoms with Gasteiger partial charge >= 0.3 is 5.97 Å². The summed E-state index contributed by atoms with van der Waals surface area (Å²) >= 11 is 0. The van der Waals surface area contributed by atoms with Gasteiger partial charge in [-0.3, -0.25) is 4.79 Å². The number of carbonyl (C=O) groups excluding carboxylic acids is 1. The smallest absolute Gasteiger partial charge is 0.347 e. The summed E-state index contributed by atoms with van der Waals surface area (Å²) in [5.74, 6) is -0.901. The first-order chi connectivity index (χ1) is 11.5. The fourth-order valence-corrected chi connectivity index (χ4v) is 2.27. The molecule has 2 aromatic rings. The van der Waals surface area contributed by atoms with Crippen molar-refractivity contribution in [1.82, 2.24) is 9.78 Å². The molecule has 0 saturated heterocycles. The van der Waals surface area contributed by atoms with E-state index < -0.39 is 17.3 Å². The van der Waals surface area contributed by atoms with Gasteiger partial charge in [-0.1, -0.05) is 44.2 Å². The lowest BCUT2D eigenvalue weighted by molar-refractivity contribution is 0.0519. The van der Waals surface area contributed by atoms with Crippen LogP contribution in [0.3, 0.4) is 0 Å². The van der Waals surface area contributed by atoms with Gasteiger partial charge in [-0.25, -0.2) is 9.48 Å². The fourth-order valence-electron chi connectivity index (χ4n) is 2.27. The zero-order valence-corrected chi connectivity index (χ0v) is 14.2. The summed E-state index contributed by atoms with van der Waals surface area (Å²) in [6.45, 7) is 6.20. The van der Waals surface area contributed by atoms with Gasteiger partial charge in [-0.05, 0) is 19.3 Å². The molecular formula is C18H22N2O4. The van der Waals surface area contributed by atoms with E-state index in [2.05, 4.69) is 5.10 Å². The summed E-state index contributed by atoms with van der Waals surface area (Å²) in [7, 11) is 0. The number of ether oxygens (including phenoxy) is 1. The Hall–Kier alpha value is -2.63. The number of hydrogen-bond donors (Lipinski definition) is 1. The first-order valence-corrected chi connectivity index (χ1v) is 8.02. The standard InChI is InChI=1S/C18H22N2O4/c1-4-24-18(23)14-16(21)15(13-8-6-5-7-9-13)19-20(17(14)22)11-10-12(2)3/h5-9,12,21H,4,10-11H2,1-3H3. The second-order valence-corrected chi connectivity index (χ2v) is 5.87. The molecule has 0 saturated carbocycles. The zero-order chi connectivity index (χ0) is 17.7. The minimum Gasteiger partial charge on any atom is -0.505 e. The lowest BCUT2D eigenvalue weighted by atomic mass is 10.1. The molecule has 128 valence electrons. The Morgan fingerprint density at radius 3 is 2.54 bits per heavy atom. The van der Waals surface area contributed by atoms with Gasteiger partial charge in [0.25, 0.3) is 5.56 Å². The van der Waals surface area contributed by atoms with Gasteiger partial charge in [-0.15, -0.1) is 0 Å². The van der Waals surface area contributed by atoms with E-state index in [1.807, 2.05) is 19.9 Å². The van der Waals surface area contributed by atoms with Gasteiger partial charge in [-0.2, -0.15) is 5.10 Å². The molecule has 0 unspecified atom stereocenters. The van der Waals surface area contributed by atoms with Crippen molar-refractivity contribution in [2.45, 2.75) is 33.7 Å². The molecule has 2 rings (SSSR count). The van der Waals surface area contributed by atoms with Crippen molar-refractivity contribution in [2.24, 2.45) is 5.92 Å². The van der Waals surface area contributed by atoms with Crippen LogP contribution in [0.5, 0.6) is 5.75 Å². The molecule has 1 N–H and O–H groups in total. The SMILES string of the molecule is CCOC(=O)c1c(O)c(-c2ccccc2)nn(CCC(C)C)c1=O. The molecule has 0 fully saturated rings. The lowest BCUT2D eigenvalue weighted by Gasteiger charge is -2.13. The number of hydrogen-bond acceptors (Lipinski definition) is 5. The van der Waals surface area contributed by atoms with Gasteiger partial charge in [0.15, 0.2) is 11.3 Å². The van der Waals surface area contributed by atoms with Crippen LogP contribution in [0.15, 0.2) is 35.1 Å². The van der Waals surface area contributed by atoms with Crippen molar-refractivity contribution in [3.8, 4) is 17.0 Å². The number of esters is 1. The Kier molecular flexibility index (Phi) is 5.73. The van der Waals surface area contributed by atoms with Crippen molar-refractivity contribution in [3.05, 3.63) is 46.2 Å². The van der Waals surface area contributed by atoms with Crippen LogP contribution in [-0.4, -0.2) is 27.5 Å². The summed E-state index contributed by atoms with van der Waals surface area (Å²) in [5, 5.41) is 14.7. The highest BCUT2D eigenvalue weighted by Gasteiger charge is 2.24. The minimum atomic E-state index is -0.835. The van der Waals surface area contributed by atoms with Crippen LogP contribution in [0, 0.1) is 5.92 Å². The molecule has 1 aromatic heterocycles. The molecule has 0 radical (unpaired) electrons. The third-order valence-corrected chi connectivity index (χ3v) is 3.58. The summed E-state index contributed by atoms with van der Waals surface area (Å²) in [6, 6.07) is 8.94. The minimum absolute atomic E-state index is 0.118. The molecule has 0 aliphatic rings. The Bertz CT molecular complexity index is 767. The fraction of sp³-hybridized carbons (Fsp3) is 0.389. The first kappa shape index (κ1) is 17.7. The maximum atomic E-state index is 12.5. The van der Waals surface area contributed by atoms with Crippen LogP contribution in [0.4, 0.5) is 0 Å². The average molecular weight is 330 g/mol. The van der Waals surface area contributed by atoms with E-state index in [0.717, 1.165) is 6.42 Å². The van der Waals surface area contributed by atoms with Crippen LogP contribution >= 0.6 is 0 Å². The number of aromatic hydroxyl groups is 1. The summed E-state index contributed by atoms with van der Waals surface area (Å²) in [6.07, 6.45) is 0.730. The molecular weight excluding hydrogens is 308 g/mol. The van der Waals surface area contributed by atoms with Crippen molar-refractivity contribution in [1.29, 1.82) is 0 Å². The monoisotopic (exact) mass is 330 g/mol. The quantitative estimate of drug-likeness (QED) is 0.824. The highest BCUT2D eigenvalue weighted by Crippen LogP contribution is 2.28. The Labute approximate surface area is 140 Å². The van der Waals surface area contributed by atoms with E-state index in [9.17, 15) is 14.7 Å². The maximum absolute atomic E-state index is 12.5. The number of nitrogens with zero attached hydrogens (tertiary/aromatic N) is 2. The van der Waals surface area contributed by atoms with Crippen molar-refractivity contribution in [3.63, 3.8) is 0 Å². The van der Waals surface area contributed by atoms with Gasteiger partial charge in [0, 0.05) is 12.1 Å². The predicted molar refractivity (Wildman–Crippen MR) is 91.0 cm³/mol. The van der Waals surface area contributed by atoms with Gasteiger partial charge < -0.3 is 9.84 Å². The van der Waals surface area contributed by atoms with E-state index in [1.54, 1.807) is 31.2 Å². The van der Waals surface area contributed by atoms with E-state index in [-0.39, 0.29) is 17.9 Å². The molecule has 24 heavy (non-hydrogen) atoms. The van der Waals surface area contributed by atoms with Crippen LogP contribution in [0.2, 0.25) is 0 Å². The molecule has 0 spiro atoms. The van der Waals surface area contributed by atoms with Crippen LogP contribution in [0.25, 0.3) is 11.3 Å². The van der Waals surface area contributed by atoms with Crippen LogP contribution in [-0.2, 0) is 11.3 Å². The molecule has 0 amide bonds. The predicted octanol–water partition coefficient (Wildman–Crippen LogP) is 2.84. The van der Waals surface area contributed by atoms with Crippen molar-refractivity contribution >= 4 is 5.97 Å². The van der Waals surface area contributed by atoms with Crippen LogP contribution < -0.4 is 5.56 Å². The Balaban J connectivity index is 2.62. The second kappa shape index (κ2) is 7.77. The topological polar surface area (TPSA) is 81.4 Å². The van der Waals surface area contributed by atoms with Gasteiger partial charge in [0.2, 0.25) is 0 Å².